The fraction of sp³-hybridized carbons (Fsp3) is 0.133. The van der Waals surface area contributed by atoms with Gasteiger partial charge in [0.05, 0.1) is 12.2 Å². The number of phenols is 1. The topological polar surface area (TPSA) is 52.6 Å². The number of rotatable bonds is 3. The Balaban J connectivity index is 2.06. The summed E-state index contributed by atoms with van der Waals surface area (Å²) in [7, 11) is 1.49. The molecular weight excluding hydrogens is 278 g/mol. The second-order valence-corrected chi connectivity index (χ2v) is 4.54. The maximum absolute atomic E-state index is 13.4. The molecule has 2 rings (SSSR count). The van der Waals surface area contributed by atoms with Crippen molar-refractivity contribution in [1.82, 2.24) is 4.90 Å². The minimum absolute atomic E-state index is 0.0640. The van der Waals surface area contributed by atoms with Crippen LogP contribution >= 0.6 is 0 Å². The van der Waals surface area contributed by atoms with Gasteiger partial charge in [0.15, 0.2) is 0 Å². The van der Waals surface area contributed by atoms with Gasteiger partial charge in [0, 0.05) is 18.7 Å². The second-order valence-electron chi connectivity index (χ2n) is 4.54. The largest absolute Gasteiger partial charge is 0.508 e. The molecule has 2 aromatic carbocycles. The third kappa shape index (κ3) is 3.68. The highest BCUT2D eigenvalue weighted by Gasteiger charge is 2.13. The molecule has 0 unspecified atom stereocenters. The predicted octanol–water partition coefficient (Wildman–Crippen LogP) is 3.33. The summed E-state index contributed by atoms with van der Waals surface area (Å²) in [5.41, 5.74) is 0.319. The van der Waals surface area contributed by atoms with Crippen LogP contribution in [0, 0.1) is 11.6 Å². The maximum Gasteiger partial charge on any atom is 0.321 e. The minimum atomic E-state index is -0.722. The van der Waals surface area contributed by atoms with E-state index in [1.807, 2.05) is 0 Å². The van der Waals surface area contributed by atoms with Gasteiger partial charge >= 0.3 is 6.03 Å². The normalized spacial score (nSPS) is 10.2. The van der Waals surface area contributed by atoms with Crippen molar-refractivity contribution in [3.8, 4) is 5.75 Å². The molecule has 0 saturated carbocycles. The number of nitrogens with zero attached hydrogens (tertiary/aromatic N) is 1. The fourth-order valence-corrected chi connectivity index (χ4v) is 1.78. The van der Waals surface area contributed by atoms with E-state index in [4.69, 9.17) is 0 Å². The summed E-state index contributed by atoms with van der Waals surface area (Å²) >= 11 is 0. The maximum atomic E-state index is 13.4. The van der Waals surface area contributed by atoms with Crippen LogP contribution in [0.3, 0.4) is 0 Å². The smallest absolute Gasteiger partial charge is 0.321 e. The monoisotopic (exact) mass is 292 g/mol. The molecule has 0 aliphatic carbocycles. The summed E-state index contributed by atoms with van der Waals surface area (Å²) in [4.78, 5) is 13.2. The van der Waals surface area contributed by atoms with Gasteiger partial charge in [-0.1, -0.05) is 18.2 Å². The number of halogens is 2. The molecule has 0 heterocycles. The Morgan fingerprint density at radius 3 is 2.67 bits per heavy atom. The molecule has 4 nitrogen and oxygen atoms in total. The zero-order chi connectivity index (χ0) is 15.4. The van der Waals surface area contributed by atoms with E-state index in [1.54, 1.807) is 18.2 Å². The van der Waals surface area contributed by atoms with Crippen molar-refractivity contribution in [3.63, 3.8) is 0 Å². The predicted molar refractivity (Wildman–Crippen MR) is 75.0 cm³/mol. The number of anilines is 1. The number of para-hydroxylation sites is 1. The van der Waals surface area contributed by atoms with Gasteiger partial charge in [-0.2, -0.15) is 0 Å². The van der Waals surface area contributed by atoms with Crippen LogP contribution in [-0.2, 0) is 6.54 Å². The number of carbonyl (C=O) groups excluding carboxylic acids is 1. The van der Waals surface area contributed by atoms with Gasteiger partial charge in [0.25, 0.3) is 0 Å². The summed E-state index contributed by atoms with van der Waals surface area (Å²) in [5, 5.41) is 11.9. The van der Waals surface area contributed by atoms with Crippen LogP contribution in [0.5, 0.6) is 5.75 Å². The van der Waals surface area contributed by atoms with Crippen molar-refractivity contribution in [3.05, 3.63) is 59.7 Å². The second kappa shape index (κ2) is 6.21. The molecular formula is C15H14F2N2O2. The number of phenolic OH excluding ortho intramolecular Hbond substituents is 1. The third-order valence-corrected chi connectivity index (χ3v) is 2.92. The summed E-state index contributed by atoms with van der Waals surface area (Å²) in [6.45, 7) is 0.134. The van der Waals surface area contributed by atoms with E-state index in [0.29, 0.717) is 5.56 Å². The number of carbonyl (C=O) groups is 1. The van der Waals surface area contributed by atoms with Gasteiger partial charge in [-0.05, 0) is 18.2 Å². The molecule has 0 aliphatic heterocycles. The number of nitrogens with one attached hydrogen (secondary N) is 1. The highest BCUT2D eigenvalue weighted by atomic mass is 19.1. The van der Waals surface area contributed by atoms with E-state index in [9.17, 15) is 18.7 Å². The summed E-state index contributed by atoms with van der Waals surface area (Å²) in [5.74, 6) is -1.30. The Morgan fingerprint density at radius 2 is 1.95 bits per heavy atom. The molecule has 21 heavy (non-hydrogen) atoms. The van der Waals surface area contributed by atoms with E-state index >= 15 is 0 Å². The lowest BCUT2D eigenvalue weighted by Gasteiger charge is -2.18. The van der Waals surface area contributed by atoms with Crippen LogP contribution in [0.15, 0.2) is 42.5 Å². The Bertz CT molecular complexity index is 662. The Labute approximate surface area is 120 Å². The van der Waals surface area contributed by atoms with Crippen molar-refractivity contribution in [2.24, 2.45) is 0 Å². The van der Waals surface area contributed by atoms with Gasteiger partial charge in [-0.25, -0.2) is 13.6 Å². The highest BCUT2D eigenvalue weighted by molar-refractivity contribution is 5.89. The molecule has 6 heteroatoms. The molecule has 2 N–H and O–H groups in total. The van der Waals surface area contributed by atoms with Gasteiger partial charge in [0.1, 0.15) is 17.4 Å². The Kier molecular flexibility index (Phi) is 4.37. The molecule has 0 spiro atoms. The van der Waals surface area contributed by atoms with Gasteiger partial charge in [-0.3, -0.25) is 0 Å². The first-order valence-corrected chi connectivity index (χ1v) is 6.21. The molecule has 110 valence electrons. The lowest BCUT2D eigenvalue weighted by atomic mass is 10.2. The lowest BCUT2D eigenvalue weighted by Crippen LogP contribution is -2.31. The van der Waals surface area contributed by atoms with Crippen LogP contribution in [0.2, 0.25) is 0 Å². The van der Waals surface area contributed by atoms with Crippen LogP contribution in [0.4, 0.5) is 19.3 Å². The summed E-state index contributed by atoms with van der Waals surface area (Å²) in [6.07, 6.45) is 0. The summed E-state index contributed by atoms with van der Waals surface area (Å²) < 4.78 is 26.5. The molecule has 2 amide bonds. The van der Waals surface area contributed by atoms with Crippen molar-refractivity contribution >= 4 is 11.7 Å². The van der Waals surface area contributed by atoms with E-state index in [0.717, 1.165) is 18.2 Å². The standard InChI is InChI=1S/C15H14F2N2O2/c1-19(9-10-4-2-3-5-14(10)20)15(21)18-13-8-11(16)6-7-12(13)17/h2-8,20H,9H2,1H3,(H,18,21). The molecule has 0 bridgehead atoms. The van der Waals surface area contributed by atoms with Gasteiger partial charge in [-0.15, -0.1) is 0 Å². The number of hydrogen-bond acceptors (Lipinski definition) is 2. The molecule has 0 atom stereocenters. The number of urea groups is 1. The zero-order valence-electron chi connectivity index (χ0n) is 11.3. The summed E-state index contributed by atoms with van der Waals surface area (Å²) in [6, 6.07) is 8.78. The number of benzene rings is 2. The molecule has 2 aromatic rings. The number of hydrogen-bond donors (Lipinski definition) is 2. The van der Waals surface area contributed by atoms with Crippen molar-refractivity contribution in [1.29, 1.82) is 0 Å². The number of aromatic hydroxyl groups is 1. The van der Waals surface area contributed by atoms with E-state index in [-0.39, 0.29) is 18.0 Å². The average molecular weight is 292 g/mol. The first kappa shape index (κ1) is 14.8. The van der Waals surface area contributed by atoms with Gasteiger partial charge in [0.2, 0.25) is 0 Å². The highest BCUT2D eigenvalue weighted by Crippen LogP contribution is 2.19. The Morgan fingerprint density at radius 1 is 1.24 bits per heavy atom. The SMILES string of the molecule is CN(Cc1ccccc1O)C(=O)Nc1cc(F)ccc1F. The Hall–Kier alpha value is -2.63. The molecule has 0 saturated heterocycles. The quantitative estimate of drug-likeness (QED) is 0.911. The van der Waals surface area contributed by atoms with Crippen LogP contribution in [0.1, 0.15) is 5.56 Å². The number of amides is 2. The van der Waals surface area contributed by atoms with Crippen molar-refractivity contribution < 1.29 is 18.7 Å². The minimum Gasteiger partial charge on any atom is -0.508 e. The zero-order valence-corrected chi connectivity index (χ0v) is 11.3. The first-order valence-electron chi connectivity index (χ1n) is 6.21. The van der Waals surface area contributed by atoms with Gasteiger partial charge < -0.3 is 15.3 Å². The average Bonchev–Trinajstić information content (AvgIpc) is 2.45. The molecule has 0 aliphatic rings. The first-order chi connectivity index (χ1) is 9.97. The van der Waals surface area contributed by atoms with E-state index < -0.39 is 17.7 Å². The van der Waals surface area contributed by atoms with Crippen LogP contribution < -0.4 is 5.32 Å². The van der Waals surface area contributed by atoms with Crippen LogP contribution in [-0.4, -0.2) is 23.1 Å². The lowest BCUT2D eigenvalue weighted by molar-refractivity contribution is 0.220. The molecule has 0 fully saturated rings. The molecule has 0 aromatic heterocycles. The third-order valence-electron chi connectivity index (χ3n) is 2.92. The fourth-order valence-electron chi connectivity index (χ4n) is 1.78. The van der Waals surface area contributed by atoms with Crippen LogP contribution in [0.25, 0.3) is 0 Å². The molecule has 0 radical (unpaired) electrons. The van der Waals surface area contributed by atoms with Crippen molar-refractivity contribution in [2.45, 2.75) is 6.54 Å². The van der Waals surface area contributed by atoms with E-state index in [2.05, 4.69) is 5.32 Å². The van der Waals surface area contributed by atoms with Crippen molar-refractivity contribution in [2.75, 3.05) is 12.4 Å². The van der Waals surface area contributed by atoms with E-state index in [1.165, 1.54) is 18.0 Å².